The Morgan fingerprint density at radius 1 is 0.640 bits per heavy atom. The van der Waals surface area contributed by atoms with Crippen LogP contribution >= 0.6 is 0 Å². The van der Waals surface area contributed by atoms with Crippen LogP contribution in [0.5, 0.6) is 0 Å². The molecule has 0 radical (unpaired) electrons. The van der Waals surface area contributed by atoms with Gasteiger partial charge in [0.25, 0.3) is 0 Å². The van der Waals surface area contributed by atoms with Crippen molar-refractivity contribution in [3.05, 3.63) is 56.2 Å². The summed E-state index contributed by atoms with van der Waals surface area (Å²) in [5.74, 6) is 0. The van der Waals surface area contributed by atoms with Crippen molar-refractivity contribution in [1.82, 2.24) is 33.6 Å². The highest BCUT2D eigenvalue weighted by Gasteiger charge is 2.32. The first-order chi connectivity index (χ1) is 12.3. The smallest absolute Gasteiger partial charge is 0.0959 e. The fourth-order valence-corrected chi connectivity index (χ4v) is 3.66. The molecule has 0 N–H and O–H groups in total. The number of nitrogens with zero attached hydrogens (tertiary/aromatic N) is 7. The highest BCUT2D eigenvalue weighted by atomic mass is 15.5. The Morgan fingerprint density at radius 2 is 0.960 bits per heavy atom. The molecule has 3 heterocycles. The average molecular weight is 341 g/mol. The van der Waals surface area contributed by atoms with Gasteiger partial charge in [0.1, 0.15) is 0 Å². The van der Waals surface area contributed by atoms with Gasteiger partial charge in [-0.25, -0.2) is 19.9 Å². The van der Waals surface area contributed by atoms with Crippen LogP contribution in [0, 0.1) is 0 Å². The molecule has 3 unspecified atom stereocenters. The molecule has 3 aromatic rings. The highest BCUT2D eigenvalue weighted by Crippen LogP contribution is 2.36. The molecular formula is C18H27N7. The molecule has 0 bridgehead atoms. The number of hydrogen-bond donors (Lipinski definition) is 0. The van der Waals surface area contributed by atoms with E-state index in [4.69, 9.17) is 0 Å². The molecule has 0 aliphatic heterocycles. The van der Waals surface area contributed by atoms with E-state index >= 15 is 0 Å². The van der Waals surface area contributed by atoms with Gasteiger partial charge in [-0.05, 0) is 19.3 Å². The monoisotopic (exact) mass is 341 g/mol. The number of hydrogen-bond acceptors (Lipinski definition) is 4. The van der Waals surface area contributed by atoms with E-state index in [1.807, 2.05) is 56.2 Å². The van der Waals surface area contributed by atoms with E-state index in [0.717, 1.165) is 19.3 Å². The van der Waals surface area contributed by atoms with Gasteiger partial charge in [-0.3, -0.25) is 0 Å². The third-order valence-electron chi connectivity index (χ3n) is 4.73. The van der Waals surface area contributed by atoms with Crippen LogP contribution in [0.15, 0.2) is 56.2 Å². The number of aromatic nitrogens is 6. The second kappa shape index (κ2) is 8.11. The van der Waals surface area contributed by atoms with E-state index in [9.17, 15) is 0 Å². The Morgan fingerprint density at radius 3 is 1.16 bits per heavy atom. The molecular weight excluding hydrogens is 314 g/mol. The van der Waals surface area contributed by atoms with Crippen LogP contribution in [-0.2, 0) is 0 Å². The molecule has 0 aliphatic carbocycles. The van der Waals surface area contributed by atoms with Crippen LogP contribution in [0.2, 0.25) is 0 Å². The van der Waals surface area contributed by atoms with Crippen molar-refractivity contribution in [2.24, 2.45) is 0 Å². The van der Waals surface area contributed by atoms with Gasteiger partial charge in [0, 0.05) is 37.2 Å². The zero-order valence-electron chi connectivity index (χ0n) is 15.2. The molecule has 0 saturated heterocycles. The van der Waals surface area contributed by atoms with Crippen LogP contribution < -0.4 is 0 Å². The zero-order chi connectivity index (χ0) is 17.6. The van der Waals surface area contributed by atoms with Crippen molar-refractivity contribution in [2.45, 2.75) is 58.5 Å². The summed E-state index contributed by atoms with van der Waals surface area (Å²) < 4.78 is 6.58. The molecule has 0 spiro atoms. The molecule has 0 amide bonds. The summed E-state index contributed by atoms with van der Waals surface area (Å²) in [6, 6.07) is 0. The summed E-state index contributed by atoms with van der Waals surface area (Å²) in [4.78, 5) is 15.3. The summed E-state index contributed by atoms with van der Waals surface area (Å²) in [5, 5.41) is 0. The van der Waals surface area contributed by atoms with Crippen molar-refractivity contribution in [3.63, 3.8) is 0 Å². The van der Waals surface area contributed by atoms with E-state index in [2.05, 4.69) is 54.3 Å². The molecule has 134 valence electrons. The largest absolute Gasteiger partial charge is 0.321 e. The molecule has 3 atom stereocenters. The Balaban J connectivity index is 2.06. The lowest BCUT2D eigenvalue weighted by Crippen LogP contribution is -2.42. The third-order valence-corrected chi connectivity index (χ3v) is 4.73. The summed E-state index contributed by atoms with van der Waals surface area (Å²) in [6.45, 7) is 6.66. The molecule has 0 saturated carbocycles. The SMILES string of the molecule is CCC(N(C(CC)n1ccnc1)C(CC)n1ccnc1)n1ccnc1. The van der Waals surface area contributed by atoms with Crippen molar-refractivity contribution in [1.29, 1.82) is 0 Å². The minimum atomic E-state index is 0.196. The maximum absolute atomic E-state index is 4.27. The third kappa shape index (κ3) is 3.51. The van der Waals surface area contributed by atoms with E-state index in [-0.39, 0.29) is 18.5 Å². The summed E-state index contributed by atoms with van der Waals surface area (Å²) >= 11 is 0. The molecule has 7 heteroatoms. The maximum Gasteiger partial charge on any atom is 0.0959 e. The second-order valence-electron chi connectivity index (χ2n) is 6.14. The molecule has 0 aromatic carbocycles. The first-order valence-electron chi connectivity index (χ1n) is 8.99. The average Bonchev–Trinajstić information content (AvgIpc) is 3.40. The predicted molar refractivity (Wildman–Crippen MR) is 96.5 cm³/mol. The normalized spacial score (nSPS) is 15.4. The minimum absolute atomic E-state index is 0.196. The predicted octanol–water partition coefficient (Wildman–Crippen LogP) is 3.70. The van der Waals surface area contributed by atoms with Gasteiger partial charge in [0.2, 0.25) is 0 Å². The Hall–Kier alpha value is -2.41. The Kier molecular flexibility index (Phi) is 5.65. The quantitative estimate of drug-likeness (QED) is 0.595. The topological polar surface area (TPSA) is 56.7 Å². The van der Waals surface area contributed by atoms with Gasteiger partial charge in [-0.15, -0.1) is 0 Å². The lowest BCUT2D eigenvalue weighted by molar-refractivity contribution is -0.0336. The second-order valence-corrected chi connectivity index (χ2v) is 6.14. The minimum Gasteiger partial charge on any atom is -0.321 e. The van der Waals surface area contributed by atoms with E-state index in [1.54, 1.807) is 0 Å². The van der Waals surface area contributed by atoms with Gasteiger partial charge in [-0.1, -0.05) is 20.8 Å². The van der Waals surface area contributed by atoms with Crippen molar-refractivity contribution < 1.29 is 0 Å². The summed E-state index contributed by atoms with van der Waals surface area (Å²) in [6.07, 6.45) is 20.9. The maximum atomic E-state index is 4.27. The highest BCUT2D eigenvalue weighted by molar-refractivity contribution is 4.89. The van der Waals surface area contributed by atoms with Gasteiger partial charge in [0.05, 0.1) is 37.5 Å². The van der Waals surface area contributed by atoms with Crippen molar-refractivity contribution in [3.8, 4) is 0 Å². The first-order valence-corrected chi connectivity index (χ1v) is 8.99. The summed E-state index contributed by atoms with van der Waals surface area (Å²) in [7, 11) is 0. The first kappa shape index (κ1) is 17.4. The molecule has 0 aliphatic rings. The summed E-state index contributed by atoms with van der Waals surface area (Å²) in [5.41, 5.74) is 0. The molecule has 7 nitrogen and oxygen atoms in total. The Labute approximate surface area is 149 Å². The number of rotatable bonds is 9. The van der Waals surface area contributed by atoms with Gasteiger partial charge in [0.15, 0.2) is 0 Å². The number of imidazole rings is 3. The molecule has 3 rings (SSSR count). The van der Waals surface area contributed by atoms with E-state index in [1.165, 1.54) is 0 Å². The lowest BCUT2D eigenvalue weighted by Gasteiger charge is -2.43. The fourth-order valence-electron chi connectivity index (χ4n) is 3.66. The Bertz CT molecular complexity index is 602. The molecule has 25 heavy (non-hydrogen) atoms. The van der Waals surface area contributed by atoms with Crippen LogP contribution in [0.25, 0.3) is 0 Å². The van der Waals surface area contributed by atoms with Crippen LogP contribution in [-0.4, -0.2) is 33.6 Å². The van der Waals surface area contributed by atoms with Gasteiger partial charge in [-0.2, -0.15) is 0 Å². The van der Waals surface area contributed by atoms with Crippen molar-refractivity contribution in [2.75, 3.05) is 0 Å². The lowest BCUT2D eigenvalue weighted by atomic mass is 10.2. The molecule has 3 aromatic heterocycles. The van der Waals surface area contributed by atoms with Crippen LogP contribution in [0.1, 0.15) is 58.5 Å². The van der Waals surface area contributed by atoms with E-state index < -0.39 is 0 Å². The zero-order valence-corrected chi connectivity index (χ0v) is 15.2. The van der Waals surface area contributed by atoms with E-state index in [0.29, 0.717) is 0 Å². The molecule has 0 fully saturated rings. The van der Waals surface area contributed by atoms with Gasteiger partial charge < -0.3 is 13.7 Å². The van der Waals surface area contributed by atoms with Crippen LogP contribution in [0.4, 0.5) is 0 Å². The van der Waals surface area contributed by atoms with Crippen molar-refractivity contribution >= 4 is 0 Å². The fraction of sp³-hybridized carbons (Fsp3) is 0.500. The standard InChI is InChI=1S/C18H27N7/c1-4-16(22-10-7-19-13-22)25(17(5-2)23-11-8-20-14-23)18(6-3)24-12-9-21-15-24/h7-18H,4-6H2,1-3H3. The van der Waals surface area contributed by atoms with Gasteiger partial charge >= 0.3 is 0 Å². The van der Waals surface area contributed by atoms with Crippen LogP contribution in [0.3, 0.4) is 0 Å².